The molecule has 0 spiro atoms. The number of halogens is 2. The minimum Gasteiger partial charge on any atom is -0.494 e. The number of imidazole rings is 1. The summed E-state index contributed by atoms with van der Waals surface area (Å²) in [6.07, 6.45) is 4.22. The summed E-state index contributed by atoms with van der Waals surface area (Å²) in [7, 11) is 1.60. The zero-order valence-electron chi connectivity index (χ0n) is 16.7. The minimum absolute atomic E-state index is 0.279. The Morgan fingerprint density at radius 2 is 2.06 bits per heavy atom. The summed E-state index contributed by atoms with van der Waals surface area (Å²) in [6.45, 7) is 1.50. The van der Waals surface area contributed by atoms with Crippen LogP contribution in [0.25, 0.3) is 5.69 Å². The zero-order chi connectivity index (χ0) is 21.4. The molecule has 0 saturated carbocycles. The maximum Gasteiger partial charge on any atom is 0.248 e. The highest BCUT2D eigenvalue weighted by Crippen LogP contribution is 2.31. The fourth-order valence-corrected chi connectivity index (χ4v) is 3.78. The average Bonchev–Trinajstić information content (AvgIpc) is 3.39. The van der Waals surface area contributed by atoms with Gasteiger partial charge in [0, 0.05) is 36.7 Å². The first-order valence-electron chi connectivity index (χ1n) is 9.73. The molecule has 8 nitrogen and oxygen atoms in total. The number of benzene rings is 2. The van der Waals surface area contributed by atoms with Crippen molar-refractivity contribution in [1.82, 2.24) is 24.3 Å². The van der Waals surface area contributed by atoms with Crippen molar-refractivity contribution in [2.45, 2.75) is 13.0 Å². The molecule has 0 unspecified atom stereocenters. The summed E-state index contributed by atoms with van der Waals surface area (Å²) in [5.74, 6) is 1.50. The number of rotatable bonds is 5. The number of hydrogen-bond donors (Lipinski definition) is 1. The van der Waals surface area contributed by atoms with Crippen LogP contribution in [0.1, 0.15) is 6.42 Å². The van der Waals surface area contributed by atoms with Crippen molar-refractivity contribution in [1.29, 1.82) is 0 Å². The molecule has 0 atom stereocenters. The molecule has 0 fully saturated rings. The van der Waals surface area contributed by atoms with Gasteiger partial charge in [0.1, 0.15) is 23.0 Å². The van der Waals surface area contributed by atoms with Crippen LogP contribution in [0.4, 0.5) is 27.7 Å². The zero-order valence-corrected chi connectivity index (χ0v) is 17.4. The Morgan fingerprint density at radius 1 is 1.16 bits per heavy atom. The van der Waals surface area contributed by atoms with E-state index in [0.29, 0.717) is 22.8 Å². The van der Waals surface area contributed by atoms with E-state index < -0.39 is 0 Å². The lowest BCUT2D eigenvalue weighted by molar-refractivity contribution is 0.413. The summed E-state index contributed by atoms with van der Waals surface area (Å²) in [6, 6.07) is 12.1. The average molecular weight is 440 g/mol. The van der Waals surface area contributed by atoms with Crippen LogP contribution < -0.4 is 15.0 Å². The van der Waals surface area contributed by atoms with E-state index >= 15 is 0 Å². The summed E-state index contributed by atoms with van der Waals surface area (Å²) in [5.41, 5.74) is 2.33. The van der Waals surface area contributed by atoms with Crippen LogP contribution in [0.5, 0.6) is 5.75 Å². The third-order valence-corrected chi connectivity index (χ3v) is 5.23. The molecule has 31 heavy (non-hydrogen) atoms. The number of hydrogen-bond acceptors (Lipinski definition) is 6. The molecule has 4 aromatic rings. The third-order valence-electron chi connectivity index (χ3n) is 5.03. The van der Waals surface area contributed by atoms with Gasteiger partial charge in [-0.25, -0.2) is 14.1 Å². The lowest BCUT2D eigenvalue weighted by Gasteiger charge is -2.27. The molecular weight excluding hydrogens is 421 g/mol. The van der Waals surface area contributed by atoms with E-state index in [0.717, 1.165) is 36.6 Å². The van der Waals surface area contributed by atoms with E-state index in [1.807, 2.05) is 33.8 Å². The Balaban J connectivity index is 1.42. The number of anilines is 4. The highest BCUT2D eigenvalue weighted by molar-refractivity contribution is 6.29. The van der Waals surface area contributed by atoms with Crippen LogP contribution in [-0.4, -0.2) is 38.0 Å². The molecule has 0 aliphatic carbocycles. The predicted octanol–water partition coefficient (Wildman–Crippen LogP) is 4.55. The molecule has 2 aromatic carbocycles. The van der Waals surface area contributed by atoms with E-state index in [9.17, 15) is 4.39 Å². The van der Waals surface area contributed by atoms with Gasteiger partial charge < -0.3 is 19.5 Å². The number of nitrogens with one attached hydrogen (secondary N) is 1. The van der Waals surface area contributed by atoms with Crippen molar-refractivity contribution in [3.8, 4) is 11.4 Å². The molecule has 158 valence electrons. The van der Waals surface area contributed by atoms with Gasteiger partial charge in [0.05, 0.1) is 12.8 Å². The smallest absolute Gasteiger partial charge is 0.248 e. The Hall–Kier alpha value is -3.59. The van der Waals surface area contributed by atoms with Gasteiger partial charge in [-0.1, -0.05) is 17.7 Å². The first kappa shape index (κ1) is 19.4. The van der Waals surface area contributed by atoms with Gasteiger partial charge in [0.25, 0.3) is 0 Å². The van der Waals surface area contributed by atoms with E-state index in [-0.39, 0.29) is 5.82 Å². The molecule has 0 radical (unpaired) electrons. The Labute approximate surface area is 182 Å². The van der Waals surface area contributed by atoms with E-state index in [1.165, 1.54) is 12.1 Å². The van der Waals surface area contributed by atoms with Gasteiger partial charge >= 0.3 is 0 Å². The second-order valence-corrected chi connectivity index (χ2v) is 7.45. The molecule has 0 amide bonds. The molecular formula is C21H19ClFN7O. The van der Waals surface area contributed by atoms with Crippen molar-refractivity contribution < 1.29 is 9.13 Å². The topological polar surface area (TPSA) is 73.0 Å². The van der Waals surface area contributed by atoms with Gasteiger partial charge in [0.2, 0.25) is 11.9 Å². The number of aromatic nitrogens is 5. The molecule has 1 aliphatic rings. The Bertz CT molecular complexity index is 1240. The summed E-state index contributed by atoms with van der Waals surface area (Å²) >= 11 is 5.93. The molecule has 5 rings (SSSR count). The van der Waals surface area contributed by atoms with Crippen LogP contribution in [0.15, 0.2) is 55.0 Å². The predicted molar refractivity (Wildman–Crippen MR) is 116 cm³/mol. The summed E-state index contributed by atoms with van der Waals surface area (Å²) in [5, 5.41) is 8.20. The molecule has 3 heterocycles. The van der Waals surface area contributed by atoms with Crippen molar-refractivity contribution in [2.24, 2.45) is 0 Å². The third kappa shape index (κ3) is 3.79. The number of aryl methyl sites for hydroxylation is 1. The van der Waals surface area contributed by atoms with Gasteiger partial charge in [-0.15, -0.1) is 5.10 Å². The van der Waals surface area contributed by atoms with Gasteiger partial charge in [-0.3, -0.25) is 0 Å². The normalized spacial score (nSPS) is 13.2. The summed E-state index contributed by atoms with van der Waals surface area (Å²) in [4.78, 5) is 10.7. The molecule has 2 aromatic heterocycles. The van der Waals surface area contributed by atoms with E-state index in [4.69, 9.17) is 16.3 Å². The molecule has 0 bridgehead atoms. The van der Waals surface area contributed by atoms with Gasteiger partial charge in [-0.05, 0) is 36.8 Å². The van der Waals surface area contributed by atoms with Crippen LogP contribution in [-0.2, 0) is 6.54 Å². The van der Waals surface area contributed by atoms with Crippen molar-refractivity contribution in [3.05, 3.63) is 66.0 Å². The molecule has 1 N–H and O–H groups in total. The monoisotopic (exact) mass is 439 g/mol. The maximum absolute atomic E-state index is 13.7. The molecule has 10 heteroatoms. The molecule has 1 aliphatic heterocycles. The van der Waals surface area contributed by atoms with Crippen LogP contribution in [0.2, 0.25) is 5.15 Å². The highest BCUT2D eigenvalue weighted by atomic mass is 35.5. The van der Waals surface area contributed by atoms with Crippen molar-refractivity contribution >= 4 is 34.9 Å². The highest BCUT2D eigenvalue weighted by Gasteiger charge is 2.23. The number of methoxy groups -OCH3 is 1. The number of ether oxygens (including phenoxy) is 1. The SMILES string of the molecule is COc1cc(Nc2nc3n(n2)CCCN3c2cccc(F)c2)ccc1-n1cnc(Cl)c1. The lowest BCUT2D eigenvalue weighted by atomic mass is 10.2. The van der Waals surface area contributed by atoms with Gasteiger partial charge in [-0.2, -0.15) is 4.98 Å². The standard InChI is InChI=1S/C21H19ClFN7O/c1-31-18-11-15(6-7-17(18)28-12-19(22)24-13-28)25-20-26-21-29(8-3-9-30(21)27-20)16-5-2-4-14(23)10-16/h2,4-7,10-13H,3,8-9H2,1H3,(H,25,27). The molecule has 0 saturated heterocycles. The number of nitrogens with zero attached hydrogens (tertiary/aromatic N) is 6. The fraction of sp³-hybridized carbons (Fsp3) is 0.190. The van der Waals surface area contributed by atoms with Crippen LogP contribution >= 0.6 is 11.6 Å². The first-order valence-corrected chi connectivity index (χ1v) is 10.1. The minimum atomic E-state index is -0.279. The van der Waals surface area contributed by atoms with Crippen LogP contribution in [0.3, 0.4) is 0 Å². The van der Waals surface area contributed by atoms with Crippen LogP contribution in [0, 0.1) is 5.82 Å². The van der Waals surface area contributed by atoms with Crippen molar-refractivity contribution in [3.63, 3.8) is 0 Å². The van der Waals surface area contributed by atoms with E-state index in [1.54, 1.807) is 30.3 Å². The van der Waals surface area contributed by atoms with Gasteiger partial charge in [0.15, 0.2) is 0 Å². The summed E-state index contributed by atoms with van der Waals surface area (Å²) < 4.78 is 22.9. The second-order valence-electron chi connectivity index (χ2n) is 7.06. The first-order chi connectivity index (χ1) is 15.1. The Kier molecular flexibility index (Phi) is 4.95. The second kappa shape index (κ2) is 7.92. The number of fused-ring (bicyclic) bond motifs is 1. The fourth-order valence-electron chi connectivity index (χ4n) is 3.63. The lowest BCUT2D eigenvalue weighted by Crippen LogP contribution is -2.28. The quantitative estimate of drug-likeness (QED) is 0.492. The Morgan fingerprint density at radius 3 is 2.84 bits per heavy atom. The van der Waals surface area contributed by atoms with Crippen molar-refractivity contribution in [2.75, 3.05) is 23.9 Å². The van der Waals surface area contributed by atoms with E-state index in [2.05, 4.69) is 20.4 Å². The largest absolute Gasteiger partial charge is 0.494 e. The maximum atomic E-state index is 13.7.